The van der Waals surface area contributed by atoms with Crippen LogP contribution in [0.25, 0.3) is 0 Å². The first-order valence-corrected chi connectivity index (χ1v) is 5.34. The molecule has 0 aliphatic carbocycles. The summed E-state index contributed by atoms with van der Waals surface area (Å²) in [6.45, 7) is 1.93. The highest BCUT2D eigenvalue weighted by Crippen LogP contribution is 2.07. The van der Waals surface area contributed by atoms with Crippen LogP contribution in [-0.2, 0) is 15.4 Å². The van der Waals surface area contributed by atoms with Gasteiger partial charge in [-0.2, -0.15) is 4.28 Å². The number of hydroxylamine groups is 1. The van der Waals surface area contributed by atoms with Gasteiger partial charge in [0, 0.05) is 7.05 Å². The Morgan fingerprint density at radius 1 is 1.33 bits per heavy atom. The summed E-state index contributed by atoms with van der Waals surface area (Å²) >= 11 is -1.69. The van der Waals surface area contributed by atoms with Crippen LogP contribution < -0.4 is 10.8 Å². The molecule has 0 radical (unpaired) electrons. The van der Waals surface area contributed by atoms with Crippen LogP contribution in [0.3, 0.4) is 0 Å². The van der Waals surface area contributed by atoms with Crippen molar-refractivity contribution in [3.63, 3.8) is 0 Å². The summed E-state index contributed by atoms with van der Waals surface area (Å²) in [6, 6.07) is 6.44. The Balaban J connectivity index is 2.54. The van der Waals surface area contributed by atoms with Crippen molar-refractivity contribution in [2.45, 2.75) is 11.8 Å². The van der Waals surface area contributed by atoms with E-state index in [0.717, 1.165) is 5.56 Å². The van der Waals surface area contributed by atoms with Crippen LogP contribution in [0.1, 0.15) is 5.56 Å². The Morgan fingerprint density at radius 3 is 2.47 bits per heavy atom. The standard InChI is InChI=1S/C9H12N2O3S/c1-7-3-5-8(6-4-7)15(13)14-11-9(12)10-2/h3-6H,1-2H3,(H2,10,11,12). The van der Waals surface area contributed by atoms with Crippen LogP contribution in [0, 0.1) is 6.92 Å². The topological polar surface area (TPSA) is 67.4 Å². The number of amides is 2. The fourth-order valence-corrected chi connectivity index (χ4v) is 1.43. The predicted molar refractivity (Wildman–Crippen MR) is 56.3 cm³/mol. The van der Waals surface area contributed by atoms with E-state index in [2.05, 4.69) is 9.60 Å². The number of carbonyl (C=O) groups is 1. The van der Waals surface area contributed by atoms with Crippen molar-refractivity contribution in [3.05, 3.63) is 29.8 Å². The fraction of sp³-hybridized carbons (Fsp3) is 0.222. The molecule has 15 heavy (non-hydrogen) atoms. The van der Waals surface area contributed by atoms with Gasteiger partial charge in [0.25, 0.3) is 0 Å². The second-order valence-electron chi connectivity index (χ2n) is 2.81. The first-order valence-electron chi connectivity index (χ1n) is 4.27. The zero-order valence-electron chi connectivity index (χ0n) is 8.44. The molecule has 0 spiro atoms. The summed E-state index contributed by atoms with van der Waals surface area (Å²) in [5.41, 5.74) is 3.06. The van der Waals surface area contributed by atoms with Gasteiger partial charge >= 0.3 is 6.03 Å². The molecule has 0 fully saturated rings. The van der Waals surface area contributed by atoms with E-state index in [-0.39, 0.29) is 0 Å². The summed E-state index contributed by atoms with van der Waals surface area (Å²) < 4.78 is 16.1. The number of carbonyl (C=O) groups excluding carboxylic acids is 1. The Morgan fingerprint density at radius 2 is 1.93 bits per heavy atom. The van der Waals surface area contributed by atoms with Crippen LogP contribution in [0.2, 0.25) is 0 Å². The van der Waals surface area contributed by atoms with E-state index < -0.39 is 17.1 Å². The van der Waals surface area contributed by atoms with Crippen molar-refractivity contribution in [1.82, 2.24) is 10.8 Å². The second kappa shape index (κ2) is 5.47. The minimum absolute atomic E-state index is 0.497. The van der Waals surface area contributed by atoms with E-state index in [1.807, 2.05) is 24.5 Å². The average Bonchev–Trinajstić information content (AvgIpc) is 2.26. The van der Waals surface area contributed by atoms with E-state index in [4.69, 9.17) is 0 Å². The average molecular weight is 228 g/mol. The molecule has 6 heteroatoms. The molecule has 1 unspecified atom stereocenters. The highest BCUT2D eigenvalue weighted by atomic mass is 32.2. The van der Waals surface area contributed by atoms with Gasteiger partial charge in [0.1, 0.15) is 0 Å². The van der Waals surface area contributed by atoms with Crippen LogP contribution >= 0.6 is 0 Å². The maximum Gasteiger partial charge on any atom is 0.339 e. The summed E-state index contributed by atoms with van der Waals surface area (Å²) in [6.07, 6.45) is 0. The Kier molecular flexibility index (Phi) is 4.26. The molecule has 1 aromatic carbocycles. The zero-order valence-corrected chi connectivity index (χ0v) is 9.26. The van der Waals surface area contributed by atoms with E-state index in [9.17, 15) is 9.00 Å². The molecule has 0 aliphatic rings. The van der Waals surface area contributed by atoms with E-state index in [1.54, 1.807) is 12.1 Å². The zero-order chi connectivity index (χ0) is 11.3. The normalized spacial score (nSPS) is 11.9. The van der Waals surface area contributed by atoms with Crippen molar-refractivity contribution in [1.29, 1.82) is 0 Å². The maximum atomic E-state index is 11.4. The minimum atomic E-state index is -1.69. The molecule has 5 nitrogen and oxygen atoms in total. The number of nitrogens with one attached hydrogen (secondary N) is 2. The lowest BCUT2D eigenvalue weighted by atomic mass is 10.2. The number of hydrogen-bond donors (Lipinski definition) is 2. The van der Waals surface area contributed by atoms with Crippen LogP contribution in [0.5, 0.6) is 0 Å². The smallest absolute Gasteiger partial charge is 0.339 e. The monoisotopic (exact) mass is 228 g/mol. The molecular formula is C9H12N2O3S. The van der Waals surface area contributed by atoms with Crippen LogP contribution in [0.4, 0.5) is 4.79 Å². The Labute approximate surface area is 90.4 Å². The van der Waals surface area contributed by atoms with Gasteiger partial charge in [-0.3, -0.25) is 0 Å². The lowest BCUT2D eigenvalue weighted by molar-refractivity contribution is 0.191. The largest absolute Gasteiger partial charge is 0.339 e. The number of hydrogen-bond acceptors (Lipinski definition) is 3. The van der Waals surface area contributed by atoms with Gasteiger partial charge in [0.05, 0.1) is 4.90 Å². The molecule has 1 aromatic rings. The third-order valence-electron chi connectivity index (χ3n) is 1.65. The number of benzene rings is 1. The third-order valence-corrected chi connectivity index (χ3v) is 2.54. The van der Waals surface area contributed by atoms with E-state index in [1.165, 1.54) is 7.05 Å². The van der Waals surface area contributed by atoms with Gasteiger partial charge < -0.3 is 5.32 Å². The van der Waals surface area contributed by atoms with Gasteiger partial charge in [0.15, 0.2) is 0 Å². The number of rotatable bonds is 3. The molecule has 0 heterocycles. The molecule has 2 N–H and O–H groups in total. The summed E-state index contributed by atoms with van der Waals surface area (Å²) in [5, 5.41) is 2.27. The Bertz CT molecular complexity index is 364. The summed E-state index contributed by atoms with van der Waals surface area (Å²) in [4.78, 5) is 11.2. The summed E-state index contributed by atoms with van der Waals surface area (Å²) in [7, 11) is 1.44. The quantitative estimate of drug-likeness (QED) is 0.755. The van der Waals surface area contributed by atoms with Crippen molar-refractivity contribution in [2.75, 3.05) is 7.05 Å². The summed E-state index contributed by atoms with van der Waals surface area (Å²) in [5.74, 6) is 0. The van der Waals surface area contributed by atoms with Crippen molar-refractivity contribution in [2.24, 2.45) is 0 Å². The first-order chi connectivity index (χ1) is 7.13. The lowest BCUT2D eigenvalue weighted by Crippen LogP contribution is -2.33. The van der Waals surface area contributed by atoms with Crippen molar-refractivity contribution >= 4 is 17.1 Å². The molecule has 0 aromatic heterocycles. The van der Waals surface area contributed by atoms with Gasteiger partial charge in [-0.05, 0) is 19.1 Å². The molecule has 82 valence electrons. The van der Waals surface area contributed by atoms with Gasteiger partial charge in [0.2, 0.25) is 11.1 Å². The van der Waals surface area contributed by atoms with Crippen LogP contribution in [-0.4, -0.2) is 17.3 Å². The Hall–Kier alpha value is -1.40. The molecular weight excluding hydrogens is 216 g/mol. The molecule has 2 amide bonds. The first kappa shape index (κ1) is 11.7. The second-order valence-corrected chi connectivity index (χ2v) is 3.92. The van der Waals surface area contributed by atoms with Gasteiger partial charge in [-0.15, -0.1) is 0 Å². The van der Waals surface area contributed by atoms with Gasteiger partial charge in [-0.1, -0.05) is 17.7 Å². The molecule has 1 rings (SSSR count). The third kappa shape index (κ3) is 3.69. The molecule has 0 bridgehead atoms. The maximum absolute atomic E-state index is 11.4. The van der Waals surface area contributed by atoms with E-state index in [0.29, 0.717) is 4.90 Å². The van der Waals surface area contributed by atoms with Crippen molar-refractivity contribution in [3.8, 4) is 0 Å². The van der Waals surface area contributed by atoms with Crippen LogP contribution in [0.15, 0.2) is 29.2 Å². The molecule has 0 saturated heterocycles. The van der Waals surface area contributed by atoms with Gasteiger partial charge in [-0.25, -0.2) is 14.5 Å². The number of urea groups is 1. The predicted octanol–water partition coefficient (Wildman–Crippen LogP) is 0.878. The fourth-order valence-electron chi connectivity index (χ4n) is 0.824. The number of aryl methyl sites for hydroxylation is 1. The SMILES string of the molecule is CNC(=O)NOS(=O)c1ccc(C)cc1. The van der Waals surface area contributed by atoms with Crippen molar-refractivity contribution < 1.29 is 13.3 Å². The minimum Gasteiger partial charge on any atom is -0.339 e. The lowest BCUT2D eigenvalue weighted by Gasteiger charge is -2.03. The molecule has 1 atom stereocenters. The highest BCUT2D eigenvalue weighted by molar-refractivity contribution is 7.80. The van der Waals surface area contributed by atoms with E-state index >= 15 is 0 Å². The molecule has 0 aliphatic heterocycles. The highest BCUT2D eigenvalue weighted by Gasteiger charge is 2.05. The molecule has 0 saturated carbocycles.